The van der Waals surface area contributed by atoms with E-state index in [-0.39, 0.29) is 11.8 Å². The van der Waals surface area contributed by atoms with E-state index in [1.165, 1.54) is 17.4 Å². The van der Waals surface area contributed by atoms with Crippen LogP contribution < -0.4 is 0 Å². The number of aliphatic carboxylic acids is 1. The molecule has 0 radical (unpaired) electrons. The molecule has 0 aliphatic heterocycles. The van der Waals surface area contributed by atoms with Crippen molar-refractivity contribution in [1.29, 1.82) is 0 Å². The molecule has 0 bridgehead atoms. The molecular formula is C9H5ClN2O3S. The Balaban J connectivity index is 2.27. The van der Waals surface area contributed by atoms with Gasteiger partial charge >= 0.3 is 5.97 Å². The Morgan fingerprint density at radius 2 is 2.38 bits per heavy atom. The number of carbonyl (C=O) groups is 1. The lowest BCUT2D eigenvalue weighted by molar-refractivity contribution is -0.131. The van der Waals surface area contributed by atoms with E-state index in [0.717, 1.165) is 6.08 Å². The standard InChI is InChI=1S/C9H5ClN2O3S/c10-5-3-4-16-8(5)9-12-11-6(15-9)1-2-7(13)14/h1-4H,(H,13,14)/b2-1+. The summed E-state index contributed by atoms with van der Waals surface area (Å²) in [7, 11) is 0. The summed E-state index contributed by atoms with van der Waals surface area (Å²) < 4.78 is 5.21. The zero-order valence-electron chi connectivity index (χ0n) is 7.75. The Hall–Kier alpha value is -1.66. The fourth-order valence-electron chi connectivity index (χ4n) is 0.983. The summed E-state index contributed by atoms with van der Waals surface area (Å²) in [5, 5.41) is 18.2. The van der Waals surface area contributed by atoms with Gasteiger partial charge in [0.1, 0.15) is 4.88 Å². The Kier molecular flexibility index (Phi) is 3.02. The molecule has 2 aromatic rings. The molecule has 0 atom stereocenters. The molecule has 16 heavy (non-hydrogen) atoms. The van der Waals surface area contributed by atoms with E-state index in [1.54, 1.807) is 11.4 Å². The van der Waals surface area contributed by atoms with Crippen molar-refractivity contribution in [3.8, 4) is 10.8 Å². The summed E-state index contributed by atoms with van der Waals surface area (Å²) in [4.78, 5) is 10.9. The van der Waals surface area contributed by atoms with Crippen LogP contribution in [0.5, 0.6) is 0 Å². The van der Waals surface area contributed by atoms with Crippen molar-refractivity contribution in [1.82, 2.24) is 10.2 Å². The number of aromatic nitrogens is 2. The Morgan fingerprint density at radius 3 is 3.00 bits per heavy atom. The van der Waals surface area contributed by atoms with Crippen LogP contribution in [0.3, 0.4) is 0 Å². The number of carboxylic acids is 1. The Labute approximate surface area is 99.0 Å². The average molecular weight is 257 g/mol. The van der Waals surface area contributed by atoms with Crippen LogP contribution in [-0.4, -0.2) is 21.3 Å². The van der Waals surface area contributed by atoms with Crippen LogP contribution in [0, 0.1) is 0 Å². The fourth-order valence-corrected chi connectivity index (χ4v) is 2.04. The highest BCUT2D eigenvalue weighted by Gasteiger charge is 2.11. The van der Waals surface area contributed by atoms with Crippen molar-refractivity contribution >= 4 is 35.0 Å². The number of halogens is 1. The highest BCUT2D eigenvalue weighted by atomic mass is 35.5. The molecule has 0 amide bonds. The minimum atomic E-state index is -1.08. The highest BCUT2D eigenvalue weighted by Crippen LogP contribution is 2.32. The second-order valence-corrected chi connectivity index (χ2v) is 4.04. The summed E-state index contributed by atoms with van der Waals surface area (Å²) in [5.41, 5.74) is 0. The predicted molar refractivity (Wildman–Crippen MR) is 59.3 cm³/mol. The lowest BCUT2D eigenvalue weighted by atomic mass is 10.5. The topological polar surface area (TPSA) is 76.2 Å². The third-order valence-electron chi connectivity index (χ3n) is 1.62. The van der Waals surface area contributed by atoms with Crippen molar-refractivity contribution in [2.45, 2.75) is 0 Å². The van der Waals surface area contributed by atoms with Crippen LogP contribution in [-0.2, 0) is 4.79 Å². The first-order chi connectivity index (χ1) is 7.66. The van der Waals surface area contributed by atoms with E-state index in [0.29, 0.717) is 9.90 Å². The molecule has 0 aliphatic carbocycles. The molecule has 2 heterocycles. The smallest absolute Gasteiger partial charge is 0.328 e. The van der Waals surface area contributed by atoms with Crippen LogP contribution >= 0.6 is 22.9 Å². The number of rotatable bonds is 3. The molecule has 0 saturated carbocycles. The summed E-state index contributed by atoms with van der Waals surface area (Å²) in [6, 6.07) is 1.72. The molecule has 2 rings (SSSR count). The minimum absolute atomic E-state index is 0.127. The van der Waals surface area contributed by atoms with Gasteiger partial charge in [-0.2, -0.15) is 0 Å². The van der Waals surface area contributed by atoms with Gasteiger partial charge in [0.05, 0.1) is 5.02 Å². The molecule has 0 aliphatic rings. The average Bonchev–Trinajstić information content (AvgIpc) is 2.83. The first kappa shape index (κ1) is 10.8. The summed E-state index contributed by atoms with van der Waals surface area (Å²) >= 11 is 7.25. The second-order valence-electron chi connectivity index (χ2n) is 2.71. The number of hydrogen-bond donors (Lipinski definition) is 1. The summed E-state index contributed by atoms with van der Waals surface area (Å²) in [6.07, 6.45) is 2.15. The van der Waals surface area contributed by atoms with Gasteiger partial charge in [-0.3, -0.25) is 0 Å². The molecule has 7 heteroatoms. The summed E-state index contributed by atoms with van der Waals surface area (Å²) in [5.74, 6) is -0.666. The van der Waals surface area contributed by atoms with E-state index in [2.05, 4.69) is 10.2 Å². The highest BCUT2D eigenvalue weighted by molar-refractivity contribution is 7.14. The molecule has 0 fully saturated rings. The lowest BCUT2D eigenvalue weighted by Crippen LogP contribution is -1.85. The predicted octanol–water partition coefficient (Wildman–Crippen LogP) is 2.55. The molecule has 82 valence electrons. The minimum Gasteiger partial charge on any atom is -0.478 e. The second kappa shape index (κ2) is 4.46. The SMILES string of the molecule is O=C(O)/C=C/c1nnc(-c2sccc2Cl)o1. The van der Waals surface area contributed by atoms with Gasteiger partial charge in [-0.1, -0.05) is 11.6 Å². The molecule has 0 saturated heterocycles. The first-order valence-electron chi connectivity index (χ1n) is 4.14. The van der Waals surface area contributed by atoms with Gasteiger partial charge in [0.15, 0.2) is 0 Å². The van der Waals surface area contributed by atoms with Gasteiger partial charge in [0.2, 0.25) is 5.89 Å². The molecule has 0 spiro atoms. The van der Waals surface area contributed by atoms with Crippen molar-refractivity contribution < 1.29 is 14.3 Å². The van der Waals surface area contributed by atoms with Crippen LogP contribution in [0.4, 0.5) is 0 Å². The van der Waals surface area contributed by atoms with Crippen LogP contribution in [0.15, 0.2) is 21.9 Å². The van der Waals surface area contributed by atoms with Crippen molar-refractivity contribution in [2.75, 3.05) is 0 Å². The zero-order valence-corrected chi connectivity index (χ0v) is 9.33. The molecule has 0 unspecified atom stereocenters. The maximum atomic E-state index is 10.3. The van der Waals surface area contributed by atoms with E-state index in [4.69, 9.17) is 21.1 Å². The van der Waals surface area contributed by atoms with Gasteiger partial charge in [-0.15, -0.1) is 21.5 Å². The molecule has 0 aromatic carbocycles. The normalized spacial score (nSPS) is 11.1. The Morgan fingerprint density at radius 1 is 1.56 bits per heavy atom. The third kappa shape index (κ3) is 2.29. The van der Waals surface area contributed by atoms with Gasteiger partial charge in [-0.05, 0) is 11.4 Å². The molecule has 5 nitrogen and oxygen atoms in total. The van der Waals surface area contributed by atoms with Crippen molar-refractivity contribution in [2.24, 2.45) is 0 Å². The van der Waals surface area contributed by atoms with E-state index in [1.807, 2.05) is 0 Å². The summed E-state index contributed by atoms with van der Waals surface area (Å²) in [6.45, 7) is 0. The number of thiophene rings is 1. The zero-order chi connectivity index (χ0) is 11.5. The fraction of sp³-hybridized carbons (Fsp3) is 0. The van der Waals surface area contributed by atoms with Crippen LogP contribution in [0.1, 0.15) is 5.89 Å². The van der Waals surface area contributed by atoms with Crippen LogP contribution in [0.25, 0.3) is 16.8 Å². The van der Waals surface area contributed by atoms with E-state index in [9.17, 15) is 4.79 Å². The largest absolute Gasteiger partial charge is 0.478 e. The lowest BCUT2D eigenvalue weighted by Gasteiger charge is -1.87. The Bertz CT molecular complexity index is 546. The van der Waals surface area contributed by atoms with Gasteiger partial charge in [-0.25, -0.2) is 4.79 Å². The van der Waals surface area contributed by atoms with Gasteiger partial charge in [0.25, 0.3) is 5.89 Å². The van der Waals surface area contributed by atoms with Crippen molar-refractivity contribution in [3.63, 3.8) is 0 Å². The van der Waals surface area contributed by atoms with Gasteiger partial charge in [0, 0.05) is 12.2 Å². The van der Waals surface area contributed by atoms with E-state index < -0.39 is 5.97 Å². The number of hydrogen-bond acceptors (Lipinski definition) is 5. The maximum absolute atomic E-state index is 10.3. The number of carboxylic acid groups (broad SMARTS) is 1. The molecule has 2 aromatic heterocycles. The molecular weight excluding hydrogens is 252 g/mol. The maximum Gasteiger partial charge on any atom is 0.328 e. The van der Waals surface area contributed by atoms with Gasteiger partial charge < -0.3 is 9.52 Å². The first-order valence-corrected chi connectivity index (χ1v) is 5.40. The number of nitrogens with zero attached hydrogens (tertiary/aromatic N) is 2. The quantitative estimate of drug-likeness (QED) is 0.854. The van der Waals surface area contributed by atoms with E-state index >= 15 is 0 Å². The van der Waals surface area contributed by atoms with Crippen molar-refractivity contribution in [3.05, 3.63) is 28.4 Å². The van der Waals surface area contributed by atoms with Crippen LogP contribution in [0.2, 0.25) is 5.02 Å². The molecule has 1 N–H and O–H groups in total. The monoisotopic (exact) mass is 256 g/mol. The third-order valence-corrected chi connectivity index (χ3v) is 2.95.